The van der Waals surface area contributed by atoms with Gasteiger partial charge in [0.15, 0.2) is 0 Å². The number of rotatable bonds is 6. The van der Waals surface area contributed by atoms with Crippen molar-refractivity contribution in [3.05, 3.63) is 76.2 Å². The second-order valence-electron chi connectivity index (χ2n) is 6.68. The molecule has 0 aliphatic carbocycles. The monoisotopic (exact) mass is 373 g/mol. The van der Waals surface area contributed by atoms with E-state index in [1.165, 1.54) is 22.5 Å². The number of hydrogen-bond donors (Lipinski definition) is 1. The van der Waals surface area contributed by atoms with Gasteiger partial charge in [0.25, 0.3) is 0 Å². The van der Waals surface area contributed by atoms with Crippen molar-refractivity contribution in [3.8, 4) is 17.3 Å². The molecule has 3 nitrogen and oxygen atoms in total. The minimum Gasteiger partial charge on any atom is -0.360 e. The van der Waals surface area contributed by atoms with E-state index in [0.717, 1.165) is 28.4 Å². The lowest BCUT2D eigenvalue weighted by atomic mass is 10.0. The van der Waals surface area contributed by atoms with Crippen LogP contribution in [0.5, 0.6) is 0 Å². The van der Waals surface area contributed by atoms with E-state index in [-0.39, 0.29) is 0 Å². The summed E-state index contributed by atoms with van der Waals surface area (Å²) in [6.45, 7) is 6.49. The van der Waals surface area contributed by atoms with Gasteiger partial charge in [0.05, 0.1) is 5.69 Å². The first-order chi connectivity index (χ1) is 13.1. The van der Waals surface area contributed by atoms with Gasteiger partial charge >= 0.3 is 0 Å². The minimum absolute atomic E-state index is 0.504. The van der Waals surface area contributed by atoms with Gasteiger partial charge in [-0.1, -0.05) is 57.2 Å². The fraction of sp³-hybridized carbons (Fsp3) is 0.217. The third-order valence-corrected chi connectivity index (χ3v) is 5.35. The molecule has 136 valence electrons. The van der Waals surface area contributed by atoms with Crippen LogP contribution in [0.1, 0.15) is 42.8 Å². The Bertz CT molecular complexity index is 958. The predicted octanol–water partition coefficient (Wildman–Crippen LogP) is 6.47. The lowest BCUT2D eigenvalue weighted by molar-refractivity contribution is 0.867. The van der Waals surface area contributed by atoms with Crippen molar-refractivity contribution in [3.63, 3.8) is 0 Å². The van der Waals surface area contributed by atoms with Crippen LogP contribution in [-0.2, 0) is 6.42 Å². The van der Waals surface area contributed by atoms with Crippen molar-refractivity contribution in [2.45, 2.75) is 33.1 Å². The maximum absolute atomic E-state index is 9.53. The summed E-state index contributed by atoms with van der Waals surface area (Å²) >= 11 is 1.49. The van der Waals surface area contributed by atoms with E-state index < -0.39 is 0 Å². The predicted molar refractivity (Wildman–Crippen MR) is 115 cm³/mol. The maximum atomic E-state index is 9.53. The second-order valence-corrected chi connectivity index (χ2v) is 7.54. The van der Waals surface area contributed by atoms with Gasteiger partial charge in [-0.3, -0.25) is 0 Å². The van der Waals surface area contributed by atoms with E-state index >= 15 is 0 Å². The van der Waals surface area contributed by atoms with E-state index in [1.807, 2.05) is 17.5 Å². The van der Waals surface area contributed by atoms with Crippen LogP contribution in [0.3, 0.4) is 0 Å². The molecule has 0 bridgehead atoms. The molecule has 2 aromatic carbocycles. The van der Waals surface area contributed by atoms with Gasteiger partial charge in [-0.05, 0) is 35.6 Å². The Balaban J connectivity index is 1.76. The molecule has 0 saturated heterocycles. The van der Waals surface area contributed by atoms with Crippen molar-refractivity contribution in [1.29, 1.82) is 5.26 Å². The van der Waals surface area contributed by atoms with Crippen LogP contribution in [-0.4, -0.2) is 4.98 Å². The Hall–Kier alpha value is -2.90. The highest BCUT2D eigenvalue weighted by Gasteiger charge is 2.09. The fourth-order valence-corrected chi connectivity index (χ4v) is 3.50. The van der Waals surface area contributed by atoms with E-state index in [4.69, 9.17) is 0 Å². The molecule has 0 radical (unpaired) electrons. The summed E-state index contributed by atoms with van der Waals surface area (Å²) in [6.07, 6.45) is 2.75. The van der Waals surface area contributed by atoms with Gasteiger partial charge in [-0.15, -0.1) is 11.3 Å². The van der Waals surface area contributed by atoms with Gasteiger partial charge < -0.3 is 5.32 Å². The normalized spacial score (nSPS) is 11.4. The van der Waals surface area contributed by atoms with Gasteiger partial charge in [0.2, 0.25) is 0 Å². The average molecular weight is 374 g/mol. The molecule has 3 aromatic rings. The van der Waals surface area contributed by atoms with Gasteiger partial charge in [0, 0.05) is 22.8 Å². The summed E-state index contributed by atoms with van der Waals surface area (Å²) in [5.41, 5.74) is 6.07. The van der Waals surface area contributed by atoms with Crippen LogP contribution in [0.4, 0.5) is 5.69 Å². The molecule has 0 amide bonds. The van der Waals surface area contributed by atoms with Gasteiger partial charge in [-0.2, -0.15) is 5.26 Å². The zero-order valence-corrected chi connectivity index (χ0v) is 16.7. The molecule has 0 saturated carbocycles. The average Bonchev–Trinajstić information content (AvgIpc) is 3.19. The Labute approximate surface area is 165 Å². The van der Waals surface area contributed by atoms with Crippen molar-refractivity contribution < 1.29 is 0 Å². The Kier molecular flexibility index (Phi) is 6.05. The molecule has 1 N–H and O–H groups in total. The van der Waals surface area contributed by atoms with Gasteiger partial charge in [-0.25, -0.2) is 4.98 Å². The van der Waals surface area contributed by atoms with E-state index in [0.29, 0.717) is 11.5 Å². The molecular formula is C23H23N3S. The summed E-state index contributed by atoms with van der Waals surface area (Å²) in [7, 11) is 0. The van der Waals surface area contributed by atoms with E-state index in [2.05, 4.69) is 73.5 Å². The molecule has 0 aliphatic rings. The first kappa shape index (κ1) is 18.9. The molecular weight excluding hydrogens is 350 g/mol. The first-order valence-electron chi connectivity index (χ1n) is 9.12. The molecule has 27 heavy (non-hydrogen) atoms. The number of benzene rings is 2. The second kappa shape index (κ2) is 8.66. The fourth-order valence-electron chi connectivity index (χ4n) is 2.70. The highest BCUT2D eigenvalue weighted by molar-refractivity contribution is 7.11. The number of aryl methyl sites for hydroxylation is 1. The number of aromatic nitrogens is 1. The van der Waals surface area contributed by atoms with Crippen LogP contribution < -0.4 is 5.32 Å². The number of nitriles is 1. The lowest BCUT2D eigenvalue weighted by Gasteiger charge is -2.06. The molecule has 1 heterocycles. The molecule has 0 atom stereocenters. The summed E-state index contributed by atoms with van der Waals surface area (Å²) in [6, 6.07) is 18.9. The quantitative estimate of drug-likeness (QED) is 0.504. The topological polar surface area (TPSA) is 48.7 Å². The van der Waals surface area contributed by atoms with Crippen LogP contribution in [0, 0.1) is 11.3 Å². The zero-order valence-electron chi connectivity index (χ0n) is 15.9. The van der Waals surface area contributed by atoms with Crippen LogP contribution >= 0.6 is 11.3 Å². The first-order valence-corrected chi connectivity index (χ1v) is 10.0. The molecule has 0 fully saturated rings. The third-order valence-electron chi connectivity index (χ3n) is 4.47. The summed E-state index contributed by atoms with van der Waals surface area (Å²) in [5.74, 6) is 0.504. The molecule has 3 rings (SSSR count). The zero-order chi connectivity index (χ0) is 19.2. The standard InChI is InChI=1S/C23H23N3S/c1-4-17-5-7-19(8-6-17)22-15-27-23(26-22)20(13-24)14-25-21-11-9-18(10-12-21)16(2)3/h5-12,14-16,25H,4H2,1-3H3/b20-14+. The number of anilines is 1. The van der Waals surface area contributed by atoms with Crippen LogP contribution in [0.25, 0.3) is 16.8 Å². The smallest absolute Gasteiger partial charge is 0.136 e. The summed E-state index contributed by atoms with van der Waals surface area (Å²) in [5, 5.41) is 15.5. The molecule has 4 heteroatoms. The SMILES string of the molecule is CCc1ccc(-c2csc(/C(C#N)=C/Nc3ccc(C(C)C)cc3)n2)cc1. The number of nitrogens with one attached hydrogen (secondary N) is 1. The molecule has 0 unspecified atom stereocenters. The molecule has 0 aliphatic heterocycles. The highest BCUT2D eigenvalue weighted by Crippen LogP contribution is 2.26. The number of allylic oxidation sites excluding steroid dienone is 1. The highest BCUT2D eigenvalue weighted by atomic mass is 32.1. The maximum Gasteiger partial charge on any atom is 0.136 e. The number of nitrogens with zero attached hydrogens (tertiary/aromatic N) is 2. The Morgan fingerprint density at radius 2 is 1.85 bits per heavy atom. The Morgan fingerprint density at radius 3 is 2.44 bits per heavy atom. The Morgan fingerprint density at radius 1 is 1.15 bits per heavy atom. The molecule has 0 spiro atoms. The van der Waals surface area contributed by atoms with Crippen molar-refractivity contribution in [2.75, 3.05) is 5.32 Å². The van der Waals surface area contributed by atoms with Gasteiger partial charge in [0.1, 0.15) is 16.6 Å². The molecule has 1 aromatic heterocycles. The van der Waals surface area contributed by atoms with Crippen molar-refractivity contribution in [2.24, 2.45) is 0 Å². The van der Waals surface area contributed by atoms with E-state index in [1.54, 1.807) is 6.20 Å². The van der Waals surface area contributed by atoms with Crippen LogP contribution in [0.15, 0.2) is 60.1 Å². The van der Waals surface area contributed by atoms with E-state index in [9.17, 15) is 5.26 Å². The largest absolute Gasteiger partial charge is 0.360 e. The lowest BCUT2D eigenvalue weighted by Crippen LogP contribution is -1.92. The summed E-state index contributed by atoms with van der Waals surface area (Å²) < 4.78 is 0. The number of thiazole rings is 1. The van der Waals surface area contributed by atoms with Crippen molar-refractivity contribution in [1.82, 2.24) is 4.98 Å². The third kappa shape index (κ3) is 4.64. The van der Waals surface area contributed by atoms with Crippen molar-refractivity contribution >= 4 is 22.6 Å². The summed E-state index contributed by atoms with van der Waals surface area (Å²) in [4.78, 5) is 4.64. The van der Waals surface area contributed by atoms with Crippen LogP contribution in [0.2, 0.25) is 0 Å². The number of hydrogen-bond acceptors (Lipinski definition) is 4. The minimum atomic E-state index is 0.504.